The SMILES string of the molecule is COc1ccc(COC(=O)[C@@H]2CCCCN2C(=O)c2ccc(C#Cc3ccc(-c4cc(C(=O)NNC(=O)OC(C)(C)C)c5cnc(NC(=O)CN)cc5n4)cc3)c(Cl)c2)cc1. The number of fused-ring (bicyclic) bond motifs is 1. The average Bonchev–Trinajstić information content (AvgIpc) is 3.25. The number of nitrogens with zero attached hydrogens (tertiary/aromatic N) is 3. The van der Waals surface area contributed by atoms with Gasteiger partial charge in [0.25, 0.3) is 11.8 Å². The van der Waals surface area contributed by atoms with E-state index in [1.807, 2.05) is 12.1 Å². The summed E-state index contributed by atoms with van der Waals surface area (Å²) in [4.78, 5) is 75.0. The Balaban J connectivity index is 1.17. The number of nitrogens with two attached hydrogens (primary N) is 1. The third-order valence-electron chi connectivity index (χ3n) is 9.38. The number of aromatic nitrogens is 2. The number of piperidine rings is 1. The molecule has 15 nitrogen and oxygen atoms in total. The zero-order valence-electron chi connectivity index (χ0n) is 34.0. The van der Waals surface area contributed by atoms with Crippen LogP contribution in [0.5, 0.6) is 5.75 Å². The fourth-order valence-corrected chi connectivity index (χ4v) is 6.60. The lowest BCUT2D eigenvalue weighted by Crippen LogP contribution is -2.48. The highest BCUT2D eigenvalue weighted by atomic mass is 35.5. The fraction of sp³-hybridized carbons (Fsp3) is 0.267. The van der Waals surface area contributed by atoms with Crippen LogP contribution in [0.4, 0.5) is 10.6 Å². The molecule has 1 saturated heterocycles. The van der Waals surface area contributed by atoms with Gasteiger partial charge < -0.3 is 30.2 Å². The van der Waals surface area contributed by atoms with E-state index in [9.17, 15) is 24.0 Å². The van der Waals surface area contributed by atoms with E-state index in [0.29, 0.717) is 57.6 Å². The number of hydrogen-bond donors (Lipinski definition) is 4. The Hall–Kier alpha value is -7.02. The zero-order chi connectivity index (χ0) is 43.7. The number of hydrazine groups is 1. The molecule has 1 atom stereocenters. The van der Waals surface area contributed by atoms with Crippen LogP contribution in [0.3, 0.4) is 0 Å². The second-order valence-electron chi connectivity index (χ2n) is 15.0. The van der Waals surface area contributed by atoms with E-state index in [1.165, 1.54) is 12.3 Å². The molecule has 61 heavy (non-hydrogen) atoms. The summed E-state index contributed by atoms with van der Waals surface area (Å²) in [6, 6.07) is 21.5. The van der Waals surface area contributed by atoms with Crippen LogP contribution < -0.4 is 26.6 Å². The Morgan fingerprint density at radius 3 is 2.38 bits per heavy atom. The van der Waals surface area contributed by atoms with Crippen molar-refractivity contribution in [3.8, 4) is 28.8 Å². The number of methoxy groups -OCH3 is 1. The number of carbonyl (C=O) groups excluding carboxylic acids is 5. The van der Waals surface area contributed by atoms with Crippen LogP contribution in [0, 0.1) is 11.8 Å². The number of hydrogen-bond acceptors (Lipinski definition) is 11. The van der Waals surface area contributed by atoms with Crippen LogP contribution in [0.2, 0.25) is 5.02 Å². The van der Waals surface area contributed by atoms with E-state index >= 15 is 0 Å². The van der Waals surface area contributed by atoms with E-state index in [2.05, 4.69) is 33.0 Å². The fourth-order valence-electron chi connectivity index (χ4n) is 6.37. The molecule has 0 unspecified atom stereocenters. The molecule has 6 rings (SSSR count). The van der Waals surface area contributed by atoms with Crippen molar-refractivity contribution in [2.45, 2.75) is 58.3 Å². The van der Waals surface area contributed by atoms with E-state index in [1.54, 1.807) is 93.4 Å². The lowest BCUT2D eigenvalue weighted by molar-refractivity contribution is -0.151. The van der Waals surface area contributed by atoms with Gasteiger partial charge >= 0.3 is 12.1 Å². The van der Waals surface area contributed by atoms with Gasteiger partial charge in [0.2, 0.25) is 5.91 Å². The first-order chi connectivity index (χ1) is 29.2. The second kappa shape index (κ2) is 19.4. The molecule has 5 aromatic rings. The number of ether oxygens (including phenoxy) is 3. The van der Waals surface area contributed by atoms with Gasteiger partial charge in [-0.15, -0.1) is 0 Å². The first kappa shape index (κ1) is 43.6. The normalized spacial score (nSPS) is 13.6. The summed E-state index contributed by atoms with van der Waals surface area (Å²) in [6.07, 6.45) is 2.59. The molecular weight excluding hydrogens is 802 g/mol. The molecule has 3 aromatic carbocycles. The highest BCUT2D eigenvalue weighted by Gasteiger charge is 2.34. The number of halogens is 1. The number of anilines is 1. The highest BCUT2D eigenvalue weighted by Crippen LogP contribution is 2.28. The van der Waals surface area contributed by atoms with Crippen molar-refractivity contribution in [1.82, 2.24) is 25.7 Å². The molecule has 1 aliphatic rings. The second-order valence-corrected chi connectivity index (χ2v) is 15.4. The summed E-state index contributed by atoms with van der Waals surface area (Å²) in [5, 5.41) is 3.20. The van der Waals surface area contributed by atoms with E-state index in [4.69, 9.17) is 36.5 Å². The van der Waals surface area contributed by atoms with Crippen LogP contribution in [0.1, 0.15) is 77.4 Å². The van der Waals surface area contributed by atoms with Crippen molar-refractivity contribution in [2.24, 2.45) is 5.73 Å². The van der Waals surface area contributed by atoms with Crippen molar-refractivity contribution in [2.75, 3.05) is 25.5 Å². The number of likely N-dealkylation sites (tertiary alicyclic amines) is 1. The minimum Gasteiger partial charge on any atom is -0.497 e. The Kier molecular flexibility index (Phi) is 13.8. The molecule has 0 spiro atoms. The average molecular weight is 846 g/mol. The Bertz CT molecular complexity index is 2530. The third kappa shape index (κ3) is 11.4. The molecule has 1 fully saturated rings. The van der Waals surface area contributed by atoms with Gasteiger partial charge in [-0.1, -0.05) is 47.7 Å². The summed E-state index contributed by atoms with van der Waals surface area (Å²) < 4.78 is 16.0. The van der Waals surface area contributed by atoms with Gasteiger partial charge in [-0.05, 0) is 94.1 Å². The largest absolute Gasteiger partial charge is 0.497 e. The molecule has 3 heterocycles. The van der Waals surface area contributed by atoms with Crippen LogP contribution >= 0.6 is 11.6 Å². The monoisotopic (exact) mass is 845 g/mol. The Labute approximate surface area is 357 Å². The van der Waals surface area contributed by atoms with Crippen LogP contribution in [0.15, 0.2) is 85.1 Å². The summed E-state index contributed by atoms with van der Waals surface area (Å²) in [5.41, 5.74) is 13.1. The molecule has 0 radical (unpaired) electrons. The first-order valence-corrected chi connectivity index (χ1v) is 19.7. The van der Waals surface area contributed by atoms with Crippen molar-refractivity contribution in [3.05, 3.63) is 118 Å². The quantitative estimate of drug-likeness (QED) is 0.0751. The van der Waals surface area contributed by atoms with E-state index < -0.39 is 35.5 Å². The van der Waals surface area contributed by atoms with E-state index in [0.717, 1.165) is 18.4 Å². The predicted octanol–water partition coefficient (Wildman–Crippen LogP) is 6.16. The molecule has 314 valence electrons. The molecule has 2 aromatic heterocycles. The van der Waals surface area contributed by atoms with Crippen molar-refractivity contribution in [3.63, 3.8) is 0 Å². The number of amides is 4. The van der Waals surface area contributed by atoms with Gasteiger partial charge in [0.1, 0.15) is 29.8 Å². The van der Waals surface area contributed by atoms with Gasteiger partial charge in [0.05, 0.1) is 35.5 Å². The lowest BCUT2D eigenvalue weighted by atomic mass is 10.0. The molecule has 0 aliphatic carbocycles. The minimum absolute atomic E-state index is 0.0799. The standard InChI is InChI=1S/C45H44ClN7O8/c1-45(2,3)61-44(58)52-51-41(55)33-22-36(49-37-23-39(48-25-34(33)37)50-40(54)24-47)30-14-9-27(10-15-30)8-13-29-16-17-31(21-35(29)46)42(56)53-20-6-5-7-38(53)43(57)60-26-28-11-18-32(59-4)19-12-28/h9-12,14-19,21-23,25,38H,5-7,20,24,26,47H2,1-4H3,(H,51,55)(H,52,58)(H,48,50,54)/t38-/m0/s1. The zero-order valence-corrected chi connectivity index (χ0v) is 34.7. The van der Waals surface area contributed by atoms with Crippen LogP contribution in [-0.2, 0) is 25.7 Å². The maximum Gasteiger partial charge on any atom is 0.426 e. The Morgan fingerprint density at radius 1 is 0.934 bits per heavy atom. The van der Waals surface area contributed by atoms with E-state index in [-0.39, 0.29) is 35.5 Å². The maximum atomic E-state index is 13.7. The molecule has 0 saturated carbocycles. The number of rotatable bonds is 9. The molecule has 16 heteroatoms. The number of esters is 1. The van der Waals surface area contributed by atoms with Gasteiger partial charge in [-0.2, -0.15) is 0 Å². The number of pyridine rings is 2. The molecular formula is C45H44ClN7O8. The summed E-state index contributed by atoms with van der Waals surface area (Å²) in [6.45, 7) is 5.31. The lowest BCUT2D eigenvalue weighted by Gasteiger charge is -2.34. The molecule has 1 aliphatic heterocycles. The maximum absolute atomic E-state index is 13.7. The van der Waals surface area contributed by atoms with Gasteiger partial charge in [0, 0.05) is 46.4 Å². The minimum atomic E-state index is -0.848. The van der Waals surface area contributed by atoms with Gasteiger partial charge in [0.15, 0.2) is 0 Å². The van der Waals surface area contributed by atoms with Crippen molar-refractivity contribution < 1.29 is 38.2 Å². The molecule has 4 amide bonds. The van der Waals surface area contributed by atoms with Crippen molar-refractivity contribution >= 4 is 58.1 Å². The van der Waals surface area contributed by atoms with Crippen LogP contribution in [-0.4, -0.2) is 76.5 Å². The van der Waals surface area contributed by atoms with Crippen LogP contribution in [0.25, 0.3) is 22.2 Å². The molecule has 0 bridgehead atoms. The smallest absolute Gasteiger partial charge is 0.426 e. The first-order valence-electron chi connectivity index (χ1n) is 19.3. The summed E-state index contributed by atoms with van der Waals surface area (Å²) in [5.74, 6) is 5.13. The molecule has 5 N–H and O–H groups in total. The Morgan fingerprint density at radius 2 is 1.69 bits per heavy atom. The topological polar surface area (TPSA) is 204 Å². The number of benzene rings is 3. The van der Waals surface area contributed by atoms with Crippen molar-refractivity contribution in [1.29, 1.82) is 0 Å². The third-order valence-corrected chi connectivity index (χ3v) is 9.70. The summed E-state index contributed by atoms with van der Waals surface area (Å²) in [7, 11) is 1.58. The highest BCUT2D eigenvalue weighted by molar-refractivity contribution is 6.32. The number of nitrogens with one attached hydrogen (secondary N) is 3. The van der Waals surface area contributed by atoms with Gasteiger partial charge in [-0.3, -0.25) is 19.8 Å². The number of carbonyl (C=O) groups is 5. The van der Waals surface area contributed by atoms with Gasteiger partial charge in [-0.25, -0.2) is 25.0 Å². The summed E-state index contributed by atoms with van der Waals surface area (Å²) >= 11 is 6.65. The predicted molar refractivity (Wildman–Crippen MR) is 228 cm³/mol.